The van der Waals surface area contributed by atoms with E-state index in [2.05, 4.69) is 29.2 Å². The third kappa shape index (κ3) is 3.14. The number of amides is 1. The maximum atomic E-state index is 13.5. The largest absolute Gasteiger partial charge is 0.454 e. The molecule has 5 nitrogen and oxygen atoms in total. The van der Waals surface area contributed by atoms with Crippen LogP contribution in [0.25, 0.3) is 0 Å². The lowest BCUT2D eigenvalue weighted by atomic mass is 9.86. The molecule has 0 N–H and O–H groups in total. The monoisotopic (exact) mass is 379 g/mol. The van der Waals surface area contributed by atoms with Crippen LogP contribution in [-0.4, -0.2) is 30.8 Å². The first kappa shape index (κ1) is 17.6. The molecule has 2 aromatic rings. The van der Waals surface area contributed by atoms with Crippen LogP contribution in [0.4, 0.5) is 0 Å². The average Bonchev–Trinajstić information content (AvgIpc) is 3.43. The van der Waals surface area contributed by atoms with E-state index in [0.717, 1.165) is 42.7 Å². The molecule has 0 radical (unpaired) electrons. The smallest absolute Gasteiger partial charge is 0.231 e. The molecule has 0 spiro atoms. The summed E-state index contributed by atoms with van der Waals surface area (Å²) in [6.45, 7) is 1.96. The molecule has 28 heavy (non-hydrogen) atoms. The molecule has 2 aliphatic heterocycles. The predicted octanol–water partition coefficient (Wildman–Crippen LogP) is 3.86. The van der Waals surface area contributed by atoms with Crippen LogP contribution in [0.3, 0.4) is 0 Å². The molecule has 1 aliphatic carbocycles. The number of aryl methyl sites for hydroxylation is 1. The summed E-state index contributed by atoms with van der Waals surface area (Å²) in [5.41, 5.74) is 3.65. The second kappa shape index (κ2) is 7.47. The Kier molecular flexibility index (Phi) is 4.69. The SMILES string of the molecule is O=C([C@@H]1CCOC1)N(Cc1cccc2c1OCO2)[C@H]1CCCc2ccccc21. The Labute approximate surface area is 165 Å². The van der Waals surface area contributed by atoms with Crippen LogP contribution in [-0.2, 0) is 22.5 Å². The second-order valence-electron chi connectivity index (χ2n) is 7.78. The molecule has 1 fully saturated rings. The number of carbonyl (C=O) groups is 1. The molecule has 2 heterocycles. The number of ether oxygens (including phenoxy) is 3. The van der Waals surface area contributed by atoms with Gasteiger partial charge in [0.05, 0.1) is 25.1 Å². The quantitative estimate of drug-likeness (QED) is 0.809. The number of fused-ring (bicyclic) bond motifs is 2. The average molecular weight is 379 g/mol. The van der Waals surface area contributed by atoms with Gasteiger partial charge in [0, 0.05) is 12.2 Å². The lowest BCUT2D eigenvalue weighted by molar-refractivity contribution is -0.139. The van der Waals surface area contributed by atoms with Gasteiger partial charge in [-0.05, 0) is 42.9 Å². The Hall–Kier alpha value is -2.53. The normalized spacial score (nSPS) is 22.7. The van der Waals surface area contributed by atoms with Crippen molar-refractivity contribution in [1.82, 2.24) is 4.90 Å². The van der Waals surface area contributed by atoms with E-state index in [1.54, 1.807) is 0 Å². The molecule has 2 atom stereocenters. The fraction of sp³-hybridized carbons (Fsp3) is 0.435. The van der Waals surface area contributed by atoms with E-state index in [9.17, 15) is 4.79 Å². The summed E-state index contributed by atoms with van der Waals surface area (Å²) in [7, 11) is 0. The summed E-state index contributed by atoms with van der Waals surface area (Å²) in [6.07, 6.45) is 3.97. The fourth-order valence-corrected chi connectivity index (χ4v) is 4.66. The maximum Gasteiger partial charge on any atom is 0.231 e. The number of carbonyl (C=O) groups excluding carboxylic acids is 1. The van der Waals surface area contributed by atoms with Crippen molar-refractivity contribution in [3.05, 3.63) is 59.2 Å². The van der Waals surface area contributed by atoms with E-state index in [4.69, 9.17) is 14.2 Å². The summed E-state index contributed by atoms with van der Waals surface area (Å²) in [5, 5.41) is 0. The maximum absolute atomic E-state index is 13.5. The van der Waals surface area contributed by atoms with Gasteiger partial charge in [0.1, 0.15) is 0 Å². The summed E-state index contributed by atoms with van der Waals surface area (Å²) in [5.74, 6) is 1.67. The van der Waals surface area contributed by atoms with Crippen LogP contribution in [0.5, 0.6) is 11.5 Å². The molecular weight excluding hydrogens is 354 g/mol. The summed E-state index contributed by atoms with van der Waals surface area (Å²) < 4.78 is 16.8. The highest BCUT2D eigenvalue weighted by Gasteiger charge is 2.35. The van der Waals surface area contributed by atoms with Gasteiger partial charge in [-0.3, -0.25) is 4.79 Å². The first-order valence-electron chi connectivity index (χ1n) is 10.1. The number of para-hydroxylation sites is 1. The van der Waals surface area contributed by atoms with E-state index < -0.39 is 0 Å². The van der Waals surface area contributed by atoms with E-state index >= 15 is 0 Å². The van der Waals surface area contributed by atoms with Crippen molar-refractivity contribution in [2.75, 3.05) is 20.0 Å². The molecule has 146 valence electrons. The summed E-state index contributed by atoms with van der Waals surface area (Å²) >= 11 is 0. The molecule has 5 heteroatoms. The van der Waals surface area contributed by atoms with Gasteiger partial charge in [-0.15, -0.1) is 0 Å². The molecule has 5 rings (SSSR count). The van der Waals surface area contributed by atoms with Gasteiger partial charge in [0.25, 0.3) is 0 Å². The van der Waals surface area contributed by atoms with Gasteiger partial charge < -0.3 is 19.1 Å². The molecule has 0 unspecified atom stereocenters. The minimum absolute atomic E-state index is 0.0528. The van der Waals surface area contributed by atoms with Crippen LogP contribution in [0.15, 0.2) is 42.5 Å². The second-order valence-corrected chi connectivity index (χ2v) is 7.78. The number of hydrogen-bond acceptors (Lipinski definition) is 4. The Morgan fingerprint density at radius 1 is 1.07 bits per heavy atom. The van der Waals surface area contributed by atoms with Crippen molar-refractivity contribution in [2.45, 2.75) is 38.3 Å². The number of rotatable bonds is 4. The van der Waals surface area contributed by atoms with E-state index in [1.807, 2.05) is 18.2 Å². The van der Waals surface area contributed by atoms with Gasteiger partial charge in [-0.1, -0.05) is 36.4 Å². The van der Waals surface area contributed by atoms with Crippen molar-refractivity contribution in [1.29, 1.82) is 0 Å². The first-order valence-corrected chi connectivity index (χ1v) is 10.1. The molecule has 1 amide bonds. The highest BCUT2D eigenvalue weighted by molar-refractivity contribution is 5.80. The van der Waals surface area contributed by atoms with Crippen molar-refractivity contribution in [3.8, 4) is 11.5 Å². The van der Waals surface area contributed by atoms with Crippen molar-refractivity contribution >= 4 is 5.91 Å². The van der Waals surface area contributed by atoms with Crippen molar-refractivity contribution in [3.63, 3.8) is 0 Å². The summed E-state index contributed by atoms with van der Waals surface area (Å²) in [6, 6.07) is 14.6. The lowest BCUT2D eigenvalue weighted by Gasteiger charge is -2.37. The molecular formula is C23H25NO4. The van der Waals surface area contributed by atoms with E-state index in [1.165, 1.54) is 11.1 Å². The zero-order valence-electron chi connectivity index (χ0n) is 15.9. The van der Waals surface area contributed by atoms with E-state index in [-0.39, 0.29) is 24.7 Å². The van der Waals surface area contributed by atoms with Crippen LogP contribution < -0.4 is 9.47 Å². The zero-order valence-corrected chi connectivity index (χ0v) is 15.9. The fourth-order valence-electron chi connectivity index (χ4n) is 4.66. The third-order valence-corrected chi connectivity index (χ3v) is 6.09. The van der Waals surface area contributed by atoms with Crippen molar-refractivity contribution < 1.29 is 19.0 Å². The summed E-state index contributed by atoms with van der Waals surface area (Å²) in [4.78, 5) is 15.6. The third-order valence-electron chi connectivity index (χ3n) is 6.09. The predicted molar refractivity (Wildman–Crippen MR) is 104 cm³/mol. The van der Waals surface area contributed by atoms with Gasteiger partial charge in [-0.2, -0.15) is 0 Å². The van der Waals surface area contributed by atoms with Gasteiger partial charge in [0.2, 0.25) is 12.7 Å². The Bertz CT molecular complexity index is 875. The number of hydrogen-bond donors (Lipinski definition) is 0. The minimum atomic E-state index is -0.0528. The standard InChI is InChI=1S/C23H25NO4/c25-23(18-11-12-26-14-18)24(13-17-7-4-10-21-22(17)28-15-27-21)20-9-3-6-16-5-1-2-8-19(16)20/h1-2,4-5,7-8,10,18,20H,3,6,9,11-15H2/t18-,20+/m1/s1. The molecule has 0 saturated carbocycles. The van der Waals surface area contributed by atoms with Crippen LogP contribution >= 0.6 is 0 Å². The van der Waals surface area contributed by atoms with Gasteiger partial charge in [0.15, 0.2) is 11.5 Å². The number of nitrogens with zero attached hydrogens (tertiary/aromatic N) is 1. The Morgan fingerprint density at radius 3 is 2.89 bits per heavy atom. The van der Waals surface area contributed by atoms with E-state index in [0.29, 0.717) is 19.8 Å². The highest BCUT2D eigenvalue weighted by Crippen LogP contribution is 2.40. The van der Waals surface area contributed by atoms with Crippen molar-refractivity contribution in [2.24, 2.45) is 5.92 Å². The molecule has 0 aromatic heterocycles. The minimum Gasteiger partial charge on any atom is -0.454 e. The highest BCUT2D eigenvalue weighted by atomic mass is 16.7. The van der Waals surface area contributed by atoms with Gasteiger partial charge >= 0.3 is 0 Å². The van der Waals surface area contributed by atoms with Crippen LogP contribution in [0.1, 0.15) is 42.0 Å². The lowest BCUT2D eigenvalue weighted by Crippen LogP contribution is -2.40. The molecule has 3 aliphatic rings. The van der Waals surface area contributed by atoms with Gasteiger partial charge in [-0.25, -0.2) is 0 Å². The van der Waals surface area contributed by atoms with Crippen LogP contribution in [0.2, 0.25) is 0 Å². The number of benzene rings is 2. The zero-order chi connectivity index (χ0) is 18.9. The topological polar surface area (TPSA) is 48.0 Å². The molecule has 2 aromatic carbocycles. The Morgan fingerprint density at radius 2 is 2.00 bits per heavy atom. The molecule has 1 saturated heterocycles. The molecule has 0 bridgehead atoms. The van der Waals surface area contributed by atoms with Crippen LogP contribution in [0, 0.1) is 5.92 Å². The Balaban J connectivity index is 1.51. The first-order chi connectivity index (χ1) is 13.8.